The van der Waals surface area contributed by atoms with E-state index in [1.54, 1.807) is 4.90 Å². The molecule has 4 heteroatoms. The maximum absolute atomic E-state index is 12.9. The van der Waals surface area contributed by atoms with Gasteiger partial charge in [0.2, 0.25) is 11.8 Å². The van der Waals surface area contributed by atoms with E-state index >= 15 is 0 Å². The molecule has 2 fully saturated rings. The van der Waals surface area contributed by atoms with Gasteiger partial charge in [-0.15, -0.1) is 0 Å². The van der Waals surface area contributed by atoms with E-state index in [0.29, 0.717) is 19.0 Å². The van der Waals surface area contributed by atoms with Crippen molar-refractivity contribution in [3.63, 3.8) is 0 Å². The van der Waals surface area contributed by atoms with E-state index in [-0.39, 0.29) is 17.7 Å². The lowest BCUT2D eigenvalue weighted by Gasteiger charge is -2.36. The van der Waals surface area contributed by atoms with Gasteiger partial charge in [-0.3, -0.25) is 9.59 Å². The van der Waals surface area contributed by atoms with Crippen LogP contribution in [0.1, 0.15) is 44.6 Å². The predicted molar refractivity (Wildman–Crippen MR) is 91.3 cm³/mol. The molecule has 0 radical (unpaired) electrons. The van der Waals surface area contributed by atoms with E-state index in [1.165, 1.54) is 6.42 Å². The SMILES string of the molecule is CC[C@H]1CCCCN1C(=O)[C@H]1CC(=O)N(c2cccc(C)c2)C1. The molecule has 0 aliphatic carbocycles. The Kier molecular flexibility index (Phi) is 4.69. The Morgan fingerprint density at radius 2 is 2.13 bits per heavy atom. The predicted octanol–water partition coefficient (Wildman–Crippen LogP) is 3.14. The molecule has 2 aliphatic heterocycles. The maximum Gasteiger partial charge on any atom is 0.228 e. The fraction of sp³-hybridized carbons (Fsp3) is 0.579. The quantitative estimate of drug-likeness (QED) is 0.860. The van der Waals surface area contributed by atoms with Crippen LogP contribution in [-0.2, 0) is 9.59 Å². The Morgan fingerprint density at radius 1 is 1.30 bits per heavy atom. The highest BCUT2D eigenvalue weighted by molar-refractivity contribution is 6.00. The van der Waals surface area contributed by atoms with Gasteiger partial charge in [0.1, 0.15) is 0 Å². The van der Waals surface area contributed by atoms with Crippen molar-refractivity contribution in [2.24, 2.45) is 5.92 Å². The third kappa shape index (κ3) is 3.26. The molecule has 2 aliphatic rings. The van der Waals surface area contributed by atoms with Gasteiger partial charge in [0.15, 0.2) is 0 Å². The second-order valence-corrected chi connectivity index (χ2v) is 6.83. The van der Waals surface area contributed by atoms with Crippen molar-refractivity contribution < 1.29 is 9.59 Å². The average Bonchev–Trinajstić information content (AvgIpc) is 2.96. The van der Waals surface area contributed by atoms with Crippen LogP contribution in [0.2, 0.25) is 0 Å². The van der Waals surface area contributed by atoms with Crippen LogP contribution in [0.15, 0.2) is 24.3 Å². The topological polar surface area (TPSA) is 40.6 Å². The molecule has 2 atom stereocenters. The standard InChI is InChI=1S/C19H26N2O2/c1-3-16-8-4-5-10-20(16)19(23)15-12-18(22)21(13-15)17-9-6-7-14(2)11-17/h6-7,9,11,15-16H,3-5,8,10,12-13H2,1-2H3/t15-,16-/m0/s1. The number of likely N-dealkylation sites (tertiary alicyclic amines) is 1. The van der Waals surface area contributed by atoms with Gasteiger partial charge in [-0.2, -0.15) is 0 Å². The van der Waals surface area contributed by atoms with Crippen LogP contribution in [0, 0.1) is 12.8 Å². The molecular formula is C19H26N2O2. The zero-order valence-electron chi connectivity index (χ0n) is 14.1. The number of hydrogen-bond donors (Lipinski definition) is 0. The maximum atomic E-state index is 12.9. The molecule has 1 aromatic rings. The lowest BCUT2D eigenvalue weighted by atomic mass is 9.97. The molecule has 0 spiro atoms. The van der Waals surface area contributed by atoms with Gasteiger partial charge < -0.3 is 9.80 Å². The third-order valence-electron chi connectivity index (χ3n) is 5.17. The van der Waals surface area contributed by atoms with Gasteiger partial charge >= 0.3 is 0 Å². The molecule has 0 unspecified atom stereocenters. The van der Waals surface area contributed by atoms with Crippen LogP contribution in [0.5, 0.6) is 0 Å². The molecule has 0 bridgehead atoms. The monoisotopic (exact) mass is 314 g/mol. The van der Waals surface area contributed by atoms with Crippen molar-refractivity contribution in [2.75, 3.05) is 18.0 Å². The number of amides is 2. The number of rotatable bonds is 3. The first kappa shape index (κ1) is 16.0. The first-order chi connectivity index (χ1) is 11.1. The van der Waals surface area contributed by atoms with Crippen molar-refractivity contribution in [2.45, 2.75) is 52.0 Å². The number of benzene rings is 1. The van der Waals surface area contributed by atoms with Crippen molar-refractivity contribution in [1.82, 2.24) is 4.90 Å². The normalized spacial score (nSPS) is 25.0. The van der Waals surface area contributed by atoms with Crippen LogP contribution in [0.4, 0.5) is 5.69 Å². The van der Waals surface area contributed by atoms with E-state index in [2.05, 4.69) is 6.92 Å². The Bertz CT molecular complexity index is 599. The first-order valence-electron chi connectivity index (χ1n) is 8.77. The molecule has 3 rings (SSSR count). The number of piperidine rings is 1. The van der Waals surface area contributed by atoms with E-state index in [0.717, 1.165) is 37.1 Å². The Morgan fingerprint density at radius 3 is 2.87 bits per heavy atom. The number of anilines is 1. The van der Waals surface area contributed by atoms with Gasteiger partial charge in [0.05, 0.1) is 5.92 Å². The van der Waals surface area contributed by atoms with Gasteiger partial charge in [0, 0.05) is 31.2 Å². The summed E-state index contributed by atoms with van der Waals surface area (Å²) in [5.74, 6) is 0.0641. The van der Waals surface area contributed by atoms with Gasteiger partial charge in [-0.25, -0.2) is 0 Å². The van der Waals surface area contributed by atoms with Crippen LogP contribution in [-0.4, -0.2) is 35.8 Å². The van der Waals surface area contributed by atoms with E-state index < -0.39 is 0 Å². The number of carbonyl (C=O) groups excluding carboxylic acids is 2. The Hall–Kier alpha value is -1.84. The first-order valence-corrected chi connectivity index (χ1v) is 8.77. The second-order valence-electron chi connectivity index (χ2n) is 6.83. The summed E-state index contributed by atoms with van der Waals surface area (Å²) >= 11 is 0. The molecule has 2 heterocycles. The Labute approximate surface area is 138 Å². The number of nitrogens with zero attached hydrogens (tertiary/aromatic N) is 2. The summed E-state index contributed by atoms with van der Waals surface area (Å²) in [7, 11) is 0. The van der Waals surface area contributed by atoms with Crippen molar-refractivity contribution in [1.29, 1.82) is 0 Å². The number of hydrogen-bond acceptors (Lipinski definition) is 2. The summed E-state index contributed by atoms with van der Waals surface area (Å²) in [4.78, 5) is 29.1. The third-order valence-corrected chi connectivity index (χ3v) is 5.17. The summed E-state index contributed by atoms with van der Waals surface area (Å²) in [6.07, 6.45) is 4.75. The minimum absolute atomic E-state index is 0.0685. The van der Waals surface area contributed by atoms with Crippen LogP contribution in [0.25, 0.3) is 0 Å². The molecule has 124 valence electrons. The summed E-state index contributed by atoms with van der Waals surface area (Å²) in [5, 5.41) is 0. The highest BCUT2D eigenvalue weighted by Gasteiger charge is 2.39. The Balaban J connectivity index is 1.72. The van der Waals surface area contributed by atoms with E-state index in [9.17, 15) is 9.59 Å². The lowest BCUT2D eigenvalue weighted by molar-refractivity contribution is -0.139. The van der Waals surface area contributed by atoms with Crippen LogP contribution in [0.3, 0.4) is 0 Å². The van der Waals surface area contributed by atoms with E-state index in [4.69, 9.17) is 0 Å². The lowest BCUT2D eigenvalue weighted by Crippen LogP contribution is -2.46. The molecule has 4 nitrogen and oxygen atoms in total. The smallest absolute Gasteiger partial charge is 0.228 e. The minimum atomic E-state index is -0.185. The van der Waals surface area contributed by atoms with Gasteiger partial charge in [-0.1, -0.05) is 19.1 Å². The largest absolute Gasteiger partial charge is 0.339 e. The zero-order chi connectivity index (χ0) is 16.4. The van der Waals surface area contributed by atoms with Crippen molar-refractivity contribution in [3.05, 3.63) is 29.8 Å². The summed E-state index contributed by atoms with van der Waals surface area (Å²) in [5.41, 5.74) is 2.04. The van der Waals surface area contributed by atoms with Crippen molar-refractivity contribution in [3.8, 4) is 0 Å². The molecule has 0 saturated carbocycles. The fourth-order valence-electron chi connectivity index (χ4n) is 3.87. The average molecular weight is 314 g/mol. The molecule has 2 amide bonds. The summed E-state index contributed by atoms with van der Waals surface area (Å²) in [6, 6.07) is 8.31. The highest BCUT2D eigenvalue weighted by Crippen LogP contribution is 2.29. The van der Waals surface area contributed by atoms with Gasteiger partial charge in [-0.05, 0) is 50.3 Å². The molecule has 0 N–H and O–H groups in total. The van der Waals surface area contributed by atoms with Gasteiger partial charge in [0.25, 0.3) is 0 Å². The molecule has 1 aromatic carbocycles. The molecular weight excluding hydrogens is 288 g/mol. The number of aryl methyl sites for hydroxylation is 1. The van der Waals surface area contributed by atoms with Crippen LogP contribution < -0.4 is 4.90 Å². The molecule has 2 saturated heterocycles. The summed E-state index contributed by atoms with van der Waals surface area (Å²) < 4.78 is 0. The van der Waals surface area contributed by atoms with Crippen molar-refractivity contribution >= 4 is 17.5 Å². The number of carbonyl (C=O) groups is 2. The van der Waals surface area contributed by atoms with E-state index in [1.807, 2.05) is 36.1 Å². The summed E-state index contributed by atoms with van der Waals surface area (Å²) in [6.45, 7) is 5.54. The molecule has 0 aromatic heterocycles. The fourth-order valence-corrected chi connectivity index (χ4v) is 3.87. The zero-order valence-corrected chi connectivity index (χ0v) is 14.1. The van der Waals surface area contributed by atoms with Crippen LogP contribution >= 0.6 is 0 Å². The highest BCUT2D eigenvalue weighted by atomic mass is 16.2. The molecule has 23 heavy (non-hydrogen) atoms. The second kappa shape index (κ2) is 6.73. The minimum Gasteiger partial charge on any atom is -0.339 e.